The Bertz CT molecular complexity index is 1530. The lowest BCUT2D eigenvalue weighted by Gasteiger charge is -2.24. The van der Waals surface area contributed by atoms with E-state index >= 15 is 4.39 Å². The summed E-state index contributed by atoms with van der Waals surface area (Å²) in [5, 5.41) is 1.18. The molecule has 1 heterocycles. The molecule has 0 saturated carbocycles. The van der Waals surface area contributed by atoms with Crippen molar-refractivity contribution in [2.24, 2.45) is 0 Å². The molecule has 0 fully saturated rings. The maximum absolute atomic E-state index is 15.5. The molecule has 0 spiro atoms. The maximum Gasteiger partial charge on any atom is 0.269 e. The monoisotopic (exact) mass is 580 g/mol. The van der Waals surface area contributed by atoms with E-state index in [0.29, 0.717) is 17.1 Å². The van der Waals surface area contributed by atoms with Gasteiger partial charge in [0, 0.05) is 28.8 Å². The van der Waals surface area contributed by atoms with Crippen LogP contribution in [0.1, 0.15) is 24.2 Å². The molecule has 4 aromatic rings. The minimum Gasteiger partial charge on any atom is -0.497 e. The van der Waals surface area contributed by atoms with Crippen LogP contribution in [0.3, 0.4) is 0 Å². The molecule has 38 heavy (non-hydrogen) atoms. The molecule has 7 nitrogen and oxygen atoms in total. The first-order valence-corrected chi connectivity index (χ1v) is 13.9. The third-order valence-electron chi connectivity index (χ3n) is 5.67. The van der Waals surface area contributed by atoms with Crippen LogP contribution in [0.15, 0.2) is 71.1 Å². The minimum absolute atomic E-state index is 0.117. The summed E-state index contributed by atoms with van der Waals surface area (Å²) in [5.74, 6) is -0.925. The van der Waals surface area contributed by atoms with E-state index in [1.54, 1.807) is 36.6 Å². The Kier molecular flexibility index (Phi) is 8.39. The SMILES string of the molecule is COc1ccc(CN(c2nccs2)S(=O)(=O)c2ccc(OC(C)c3ccccc3F)c(Cl)c2F)c(OC)c1. The summed E-state index contributed by atoms with van der Waals surface area (Å²) in [4.78, 5) is 3.46. The Balaban J connectivity index is 1.70. The highest BCUT2D eigenvalue weighted by Crippen LogP contribution is 2.38. The highest BCUT2D eigenvalue weighted by molar-refractivity contribution is 7.93. The van der Waals surface area contributed by atoms with Gasteiger partial charge in [-0.1, -0.05) is 29.8 Å². The molecule has 0 aliphatic heterocycles. The average Bonchev–Trinajstić information content (AvgIpc) is 3.44. The molecule has 0 saturated heterocycles. The number of benzene rings is 3. The van der Waals surface area contributed by atoms with E-state index in [9.17, 15) is 12.8 Å². The molecular formula is C26H23ClF2N2O5S2. The van der Waals surface area contributed by atoms with Crippen LogP contribution in [0.5, 0.6) is 17.2 Å². The molecule has 0 N–H and O–H groups in total. The Labute approximate surface area is 228 Å². The smallest absolute Gasteiger partial charge is 0.269 e. The van der Waals surface area contributed by atoms with E-state index in [4.69, 9.17) is 25.8 Å². The number of anilines is 1. The second kappa shape index (κ2) is 11.5. The van der Waals surface area contributed by atoms with E-state index in [1.165, 1.54) is 44.7 Å². The quantitative estimate of drug-likeness (QED) is 0.210. The van der Waals surface area contributed by atoms with Crippen molar-refractivity contribution in [3.63, 3.8) is 0 Å². The first-order valence-electron chi connectivity index (χ1n) is 11.2. The van der Waals surface area contributed by atoms with Crippen molar-refractivity contribution in [3.05, 3.63) is 94.0 Å². The molecule has 1 unspecified atom stereocenters. The number of aromatic nitrogens is 1. The second-order valence-corrected chi connectivity index (χ2v) is 11.1. The number of methoxy groups -OCH3 is 2. The van der Waals surface area contributed by atoms with Gasteiger partial charge in [0.05, 0.1) is 20.8 Å². The molecule has 0 bridgehead atoms. The summed E-state index contributed by atoms with van der Waals surface area (Å²) >= 11 is 7.29. The van der Waals surface area contributed by atoms with E-state index in [1.807, 2.05) is 0 Å². The fourth-order valence-electron chi connectivity index (χ4n) is 3.71. The van der Waals surface area contributed by atoms with Gasteiger partial charge < -0.3 is 14.2 Å². The molecule has 200 valence electrons. The van der Waals surface area contributed by atoms with E-state index in [2.05, 4.69) is 4.98 Å². The van der Waals surface area contributed by atoms with Gasteiger partial charge in [-0.15, -0.1) is 11.3 Å². The van der Waals surface area contributed by atoms with Gasteiger partial charge in [0.2, 0.25) is 0 Å². The lowest BCUT2D eigenvalue weighted by molar-refractivity contribution is 0.220. The Hall–Kier alpha value is -3.41. The van der Waals surface area contributed by atoms with Crippen molar-refractivity contribution in [1.82, 2.24) is 4.98 Å². The van der Waals surface area contributed by atoms with Crippen LogP contribution < -0.4 is 18.5 Å². The summed E-state index contributed by atoms with van der Waals surface area (Å²) < 4.78 is 74.5. The number of ether oxygens (including phenoxy) is 3. The van der Waals surface area contributed by atoms with Crippen LogP contribution in [0.2, 0.25) is 5.02 Å². The number of thiazole rings is 1. The van der Waals surface area contributed by atoms with E-state index in [0.717, 1.165) is 21.7 Å². The van der Waals surface area contributed by atoms with Gasteiger partial charge in [0.1, 0.15) is 39.1 Å². The minimum atomic E-state index is -4.50. The van der Waals surface area contributed by atoms with Gasteiger partial charge in [-0.05, 0) is 37.3 Å². The van der Waals surface area contributed by atoms with Crippen molar-refractivity contribution < 1.29 is 31.4 Å². The summed E-state index contributed by atoms with van der Waals surface area (Å²) in [6.07, 6.45) is 0.628. The molecule has 0 amide bonds. The number of nitrogens with zero attached hydrogens (tertiary/aromatic N) is 2. The van der Waals surface area contributed by atoms with Gasteiger partial charge in [-0.2, -0.15) is 0 Å². The number of sulfonamides is 1. The first-order chi connectivity index (χ1) is 18.2. The van der Waals surface area contributed by atoms with Gasteiger partial charge in [-0.25, -0.2) is 26.5 Å². The molecule has 0 radical (unpaired) electrons. The zero-order valence-corrected chi connectivity index (χ0v) is 22.9. The van der Waals surface area contributed by atoms with E-state index < -0.39 is 37.7 Å². The normalized spacial score (nSPS) is 12.2. The average molecular weight is 581 g/mol. The summed E-state index contributed by atoms with van der Waals surface area (Å²) in [7, 11) is -1.56. The van der Waals surface area contributed by atoms with Crippen LogP contribution in [-0.2, 0) is 16.6 Å². The van der Waals surface area contributed by atoms with E-state index in [-0.39, 0.29) is 23.0 Å². The van der Waals surface area contributed by atoms with Crippen molar-refractivity contribution in [2.75, 3.05) is 18.5 Å². The Morgan fingerprint density at radius 3 is 2.47 bits per heavy atom. The predicted octanol–water partition coefficient (Wildman–Crippen LogP) is 6.63. The van der Waals surface area contributed by atoms with Crippen molar-refractivity contribution in [1.29, 1.82) is 0 Å². The molecule has 0 aliphatic rings. The highest BCUT2D eigenvalue weighted by Gasteiger charge is 2.32. The van der Waals surface area contributed by atoms with Crippen LogP contribution in [-0.4, -0.2) is 27.6 Å². The topological polar surface area (TPSA) is 78.0 Å². The Morgan fingerprint density at radius 2 is 1.82 bits per heavy atom. The number of hydrogen-bond donors (Lipinski definition) is 0. The number of halogens is 3. The lowest BCUT2D eigenvalue weighted by atomic mass is 10.1. The number of hydrogen-bond acceptors (Lipinski definition) is 7. The molecule has 0 aliphatic carbocycles. The van der Waals surface area contributed by atoms with Crippen LogP contribution >= 0.6 is 22.9 Å². The standard InChI is InChI=1S/C26H23ClF2N2O5S2/c1-16(19-6-4-5-7-20(19)28)36-21-10-11-23(25(29)24(21)27)38(32,33)31(26-30-12-13-37-26)15-17-8-9-18(34-2)14-22(17)35-3/h4-14,16H,15H2,1-3H3. The fraction of sp³-hybridized carbons (Fsp3) is 0.192. The van der Waals surface area contributed by atoms with Gasteiger partial charge in [0.25, 0.3) is 10.0 Å². The zero-order chi connectivity index (χ0) is 27.4. The first kappa shape index (κ1) is 27.6. The molecular weight excluding hydrogens is 558 g/mol. The van der Waals surface area contributed by atoms with Crippen molar-refractivity contribution in [2.45, 2.75) is 24.5 Å². The summed E-state index contributed by atoms with van der Waals surface area (Å²) in [6, 6.07) is 13.2. The largest absolute Gasteiger partial charge is 0.497 e. The van der Waals surface area contributed by atoms with Crippen LogP contribution in [0.25, 0.3) is 0 Å². The highest BCUT2D eigenvalue weighted by atomic mass is 35.5. The fourth-order valence-corrected chi connectivity index (χ4v) is 6.32. The molecule has 1 atom stereocenters. The number of rotatable bonds is 10. The van der Waals surface area contributed by atoms with Gasteiger partial charge >= 0.3 is 0 Å². The third-order valence-corrected chi connectivity index (χ3v) is 8.68. The van der Waals surface area contributed by atoms with Gasteiger partial charge in [0.15, 0.2) is 10.9 Å². The maximum atomic E-state index is 15.5. The molecule has 3 aromatic carbocycles. The summed E-state index contributed by atoms with van der Waals surface area (Å²) in [6.45, 7) is 1.37. The van der Waals surface area contributed by atoms with Crippen molar-refractivity contribution >= 4 is 38.1 Å². The molecule has 12 heteroatoms. The van der Waals surface area contributed by atoms with Gasteiger partial charge in [-0.3, -0.25) is 0 Å². The lowest BCUT2D eigenvalue weighted by Crippen LogP contribution is -2.31. The Morgan fingerprint density at radius 1 is 1.05 bits per heavy atom. The van der Waals surface area contributed by atoms with Crippen LogP contribution in [0.4, 0.5) is 13.9 Å². The molecule has 4 rings (SSSR count). The zero-order valence-electron chi connectivity index (χ0n) is 20.5. The van der Waals surface area contributed by atoms with Crippen molar-refractivity contribution in [3.8, 4) is 17.2 Å². The predicted molar refractivity (Wildman–Crippen MR) is 142 cm³/mol. The second-order valence-electron chi connectivity index (χ2n) is 7.98. The summed E-state index contributed by atoms with van der Waals surface area (Å²) in [5.41, 5.74) is 0.737. The van der Waals surface area contributed by atoms with Crippen LogP contribution in [0, 0.1) is 11.6 Å². The molecule has 1 aromatic heterocycles. The third kappa shape index (κ3) is 5.54.